The molecular weight excluding hydrogens is 305 g/mol. The molecule has 3 N–H and O–H groups in total. The van der Waals surface area contributed by atoms with E-state index in [1.807, 2.05) is 30.3 Å². The molecule has 1 fully saturated rings. The fraction of sp³-hybridized carbons (Fsp3) is 0.333. The Labute approximate surface area is 131 Å². The van der Waals surface area contributed by atoms with E-state index >= 15 is 0 Å². The third-order valence-corrected chi connectivity index (χ3v) is 3.62. The minimum absolute atomic E-state index is 0.310. The van der Waals surface area contributed by atoms with E-state index < -0.39 is 36.9 Å². The normalized spacial score (nSPS) is 27.1. The molecule has 0 spiro atoms. The molecule has 23 heavy (non-hydrogen) atoms. The summed E-state index contributed by atoms with van der Waals surface area (Å²) in [6.45, 7) is -0.534. The van der Waals surface area contributed by atoms with Crippen molar-refractivity contribution in [2.45, 2.75) is 24.6 Å². The summed E-state index contributed by atoms with van der Waals surface area (Å²) >= 11 is 0. The van der Waals surface area contributed by atoms with Crippen molar-refractivity contribution in [2.24, 2.45) is 0 Å². The van der Waals surface area contributed by atoms with Crippen LogP contribution in [0.2, 0.25) is 0 Å². The molecule has 0 aliphatic carbocycles. The quantitative estimate of drug-likeness (QED) is 0.762. The van der Waals surface area contributed by atoms with Gasteiger partial charge in [-0.15, -0.1) is 0 Å². The Balaban J connectivity index is 1.82. The number of ether oxygens (including phenoxy) is 1. The zero-order valence-electron chi connectivity index (χ0n) is 12.0. The molecule has 8 heteroatoms. The van der Waals surface area contributed by atoms with Crippen molar-refractivity contribution in [2.75, 3.05) is 11.9 Å². The lowest BCUT2D eigenvalue weighted by atomic mass is 10.1. The smallest absolute Gasteiger partial charge is 0.351 e. The van der Waals surface area contributed by atoms with Crippen molar-refractivity contribution in [1.29, 1.82) is 0 Å². The number of benzene rings is 1. The van der Waals surface area contributed by atoms with Crippen molar-refractivity contribution in [3.8, 4) is 0 Å². The van der Waals surface area contributed by atoms with Gasteiger partial charge in [0.05, 0.1) is 6.61 Å². The number of para-hydroxylation sites is 1. The highest BCUT2D eigenvalue weighted by molar-refractivity contribution is 5.54. The molecule has 2 heterocycles. The van der Waals surface area contributed by atoms with Gasteiger partial charge in [-0.25, -0.2) is 9.18 Å². The predicted molar refractivity (Wildman–Crippen MR) is 80.1 cm³/mol. The summed E-state index contributed by atoms with van der Waals surface area (Å²) in [5.74, 6) is 0.310. The average molecular weight is 321 g/mol. The monoisotopic (exact) mass is 321 g/mol. The molecule has 1 aliphatic heterocycles. The SMILES string of the molecule is O=c1nc(Nc2ccccc2)ccn1[C@@H]1O[C@H](CO)C(O)[C@@H]1F. The number of nitrogens with zero attached hydrogens (tertiary/aromatic N) is 2. The van der Waals surface area contributed by atoms with Crippen LogP contribution >= 0.6 is 0 Å². The first-order valence-electron chi connectivity index (χ1n) is 7.10. The highest BCUT2D eigenvalue weighted by atomic mass is 19.1. The van der Waals surface area contributed by atoms with Gasteiger partial charge in [0.1, 0.15) is 18.0 Å². The van der Waals surface area contributed by atoms with Gasteiger partial charge in [0.2, 0.25) is 0 Å². The fourth-order valence-corrected chi connectivity index (χ4v) is 2.42. The molecule has 0 radical (unpaired) electrons. The zero-order valence-corrected chi connectivity index (χ0v) is 12.0. The summed E-state index contributed by atoms with van der Waals surface area (Å²) in [5.41, 5.74) is 0.0396. The number of nitrogens with one attached hydrogen (secondary N) is 1. The summed E-state index contributed by atoms with van der Waals surface area (Å²) in [4.78, 5) is 15.9. The number of alkyl halides is 1. The van der Waals surface area contributed by atoms with Gasteiger partial charge in [0, 0.05) is 11.9 Å². The van der Waals surface area contributed by atoms with Crippen LogP contribution in [0.3, 0.4) is 0 Å². The first-order valence-corrected chi connectivity index (χ1v) is 7.10. The van der Waals surface area contributed by atoms with Crippen LogP contribution < -0.4 is 11.0 Å². The lowest BCUT2D eigenvalue weighted by molar-refractivity contribution is -0.0490. The maximum Gasteiger partial charge on any atom is 0.351 e. The van der Waals surface area contributed by atoms with Gasteiger partial charge in [0.25, 0.3) is 0 Å². The highest BCUT2D eigenvalue weighted by Crippen LogP contribution is 2.30. The Hall–Kier alpha value is -2.29. The second-order valence-corrected chi connectivity index (χ2v) is 5.18. The Morgan fingerprint density at radius 3 is 2.65 bits per heavy atom. The van der Waals surface area contributed by atoms with Gasteiger partial charge < -0.3 is 20.3 Å². The van der Waals surface area contributed by atoms with Crippen molar-refractivity contribution in [3.05, 3.63) is 53.1 Å². The van der Waals surface area contributed by atoms with E-state index in [0.717, 1.165) is 10.3 Å². The molecule has 0 amide bonds. The maximum absolute atomic E-state index is 14.0. The summed E-state index contributed by atoms with van der Waals surface area (Å²) < 4.78 is 20.2. The summed E-state index contributed by atoms with van der Waals surface area (Å²) in [7, 11) is 0. The van der Waals surface area contributed by atoms with Crippen LogP contribution in [-0.4, -0.2) is 44.8 Å². The number of aliphatic hydroxyl groups is 2. The largest absolute Gasteiger partial charge is 0.394 e. The van der Waals surface area contributed by atoms with Crippen LogP contribution in [0.25, 0.3) is 0 Å². The maximum atomic E-state index is 14.0. The number of aliphatic hydroxyl groups excluding tert-OH is 2. The lowest BCUT2D eigenvalue weighted by Gasteiger charge is -2.16. The molecule has 1 aliphatic rings. The summed E-state index contributed by atoms with van der Waals surface area (Å²) in [6.07, 6.45) is -4.35. The van der Waals surface area contributed by atoms with Crippen LogP contribution in [0.1, 0.15) is 6.23 Å². The first-order chi connectivity index (χ1) is 11.1. The lowest BCUT2D eigenvalue weighted by Crippen LogP contribution is -2.33. The molecular formula is C15H16FN3O4. The molecule has 1 saturated heterocycles. The summed E-state index contributed by atoms with van der Waals surface area (Å²) in [6, 6.07) is 10.7. The Morgan fingerprint density at radius 1 is 1.30 bits per heavy atom. The van der Waals surface area contributed by atoms with E-state index in [4.69, 9.17) is 9.84 Å². The van der Waals surface area contributed by atoms with E-state index in [0.29, 0.717) is 5.82 Å². The number of rotatable bonds is 4. The minimum Gasteiger partial charge on any atom is -0.394 e. The van der Waals surface area contributed by atoms with E-state index in [1.165, 1.54) is 12.3 Å². The Morgan fingerprint density at radius 2 is 2.04 bits per heavy atom. The number of hydrogen-bond donors (Lipinski definition) is 3. The van der Waals surface area contributed by atoms with Gasteiger partial charge in [-0.2, -0.15) is 4.98 Å². The van der Waals surface area contributed by atoms with Crippen LogP contribution in [0.5, 0.6) is 0 Å². The standard InChI is InChI=1S/C15H16FN3O4/c16-12-13(21)10(8-20)23-14(12)19-7-6-11(18-15(19)22)17-9-4-2-1-3-5-9/h1-7,10,12-14,20-21H,8H2,(H,17,18,22)/t10-,12+,13?,14-/m1/s1. The third kappa shape index (κ3) is 3.09. The van der Waals surface area contributed by atoms with Gasteiger partial charge in [-0.1, -0.05) is 18.2 Å². The van der Waals surface area contributed by atoms with E-state index in [1.54, 1.807) is 0 Å². The molecule has 0 bridgehead atoms. The van der Waals surface area contributed by atoms with Gasteiger partial charge in [0.15, 0.2) is 12.4 Å². The van der Waals surface area contributed by atoms with Gasteiger partial charge in [-0.05, 0) is 18.2 Å². The molecule has 2 aromatic rings. The van der Waals surface area contributed by atoms with Crippen LogP contribution in [0, 0.1) is 0 Å². The van der Waals surface area contributed by atoms with Gasteiger partial charge >= 0.3 is 5.69 Å². The van der Waals surface area contributed by atoms with Crippen LogP contribution in [0.15, 0.2) is 47.4 Å². The van der Waals surface area contributed by atoms with Crippen LogP contribution in [-0.2, 0) is 4.74 Å². The number of halogens is 1. The van der Waals surface area contributed by atoms with E-state index in [-0.39, 0.29) is 0 Å². The second-order valence-electron chi connectivity index (χ2n) is 5.18. The van der Waals surface area contributed by atoms with Crippen molar-refractivity contribution in [3.63, 3.8) is 0 Å². The van der Waals surface area contributed by atoms with E-state index in [2.05, 4.69) is 10.3 Å². The molecule has 1 aromatic carbocycles. The predicted octanol–water partition coefficient (Wildman–Crippen LogP) is 0.576. The molecule has 7 nitrogen and oxygen atoms in total. The molecule has 4 atom stereocenters. The zero-order chi connectivity index (χ0) is 16.4. The first kappa shape index (κ1) is 15.6. The fourth-order valence-electron chi connectivity index (χ4n) is 2.42. The van der Waals surface area contributed by atoms with Crippen molar-refractivity contribution in [1.82, 2.24) is 9.55 Å². The van der Waals surface area contributed by atoms with Crippen molar-refractivity contribution < 1.29 is 19.3 Å². The Kier molecular flexibility index (Phi) is 4.37. The number of hydrogen-bond acceptors (Lipinski definition) is 6. The summed E-state index contributed by atoms with van der Waals surface area (Å²) in [5, 5.41) is 21.6. The van der Waals surface area contributed by atoms with Crippen molar-refractivity contribution >= 4 is 11.5 Å². The molecule has 1 unspecified atom stereocenters. The topological polar surface area (TPSA) is 96.6 Å². The highest BCUT2D eigenvalue weighted by Gasteiger charge is 2.45. The number of anilines is 2. The Bertz CT molecular complexity index is 724. The molecule has 122 valence electrons. The molecule has 1 aromatic heterocycles. The van der Waals surface area contributed by atoms with E-state index in [9.17, 15) is 14.3 Å². The van der Waals surface area contributed by atoms with Gasteiger partial charge in [-0.3, -0.25) is 4.57 Å². The minimum atomic E-state index is -1.82. The van der Waals surface area contributed by atoms with Crippen LogP contribution in [0.4, 0.5) is 15.9 Å². The number of aromatic nitrogens is 2. The average Bonchev–Trinajstić information content (AvgIpc) is 2.84. The molecule has 3 rings (SSSR count). The second kappa shape index (κ2) is 6.45. The third-order valence-electron chi connectivity index (χ3n) is 3.62. The molecule has 0 saturated carbocycles.